The summed E-state index contributed by atoms with van der Waals surface area (Å²) in [5, 5.41) is 29.6. The Morgan fingerprint density at radius 3 is 2.59 bits per heavy atom. The number of hydrogen-bond acceptors (Lipinski definition) is 6. The summed E-state index contributed by atoms with van der Waals surface area (Å²) in [6, 6.07) is 6.30. The average molecular weight is 275 g/mol. The molecule has 0 aliphatic rings. The van der Waals surface area contributed by atoms with Crippen LogP contribution in [-0.2, 0) is 0 Å². The fourth-order valence-corrected chi connectivity index (χ4v) is 2.42. The largest absolute Gasteiger partial charge is 0.390 e. The molecule has 0 aliphatic heterocycles. The van der Waals surface area contributed by atoms with Crippen molar-refractivity contribution in [3.63, 3.8) is 0 Å². The molecule has 94 valence electrons. The number of benzene rings is 1. The molecule has 0 heterocycles. The first-order valence-corrected chi connectivity index (χ1v) is 6.51. The van der Waals surface area contributed by atoms with Crippen molar-refractivity contribution in [3.8, 4) is 0 Å². The van der Waals surface area contributed by atoms with Gasteiger partial charge >= 0.3 is 0 Å². The maximum Gasteiger partial charge on any atom is 0.282 e. The molecule has 2 unspecified atom stereocenters. The monoisotopic (exact) mass is 275 g/mol. The fourth-order valence-electron chi connectivity index (χ4n) is 1.14. The number of aliphatic hydroxyl groups excluding tert-OH is 2. The lowest BCUT2D eigenvalue weighted by atomic mass is 10.3. The first-order valence-electron chi connectivity index (χ1n) is 4.89. The van der Waals surface area contributed by atoms with Gasteiger partial charge in [-0.1, -0.05) is 12.1 Å². The van der Waals surface area contributed by atoms with Crippen molar-refractivity contribution in [2.24, 2.45) is 0 Å². The quantitative estimate of drug-likeness (QED) is 0.316. The van der Waals surface area contributed by atoms with Crippen LogP contribution in [0.3, 0.4) is 0 Å². The molecule has 2 N–H and O–H groups in total. The zero-order valence-electron chi connectivity index (χ0n) is 8.89. The molecule has 0 fully saturated rings. The van der Waals surface area contributed by atoms with Gasteiger partial charge < -0.3 is 10.2 Å². The summed E-state index contributed by atoms with van der Waals surface area (Å²) < 4.78 is 0. The summed E-state index contributed by atoms with van der Waals surface area (Å²) in [4.78, 5) is 10.7. The number of thioether (sulfide) groups is 1. The van der Waals surface area contributed by atoms with Crippen LogP contribution in [-0.4, -0.2) is 38.9 Å². The van der Waals surface area contributed by atoms with Gasteiger partial charge in [0.05, 0.1) is 22.0 Å². The number of aliphatic hydroxyl groups is 2. The summed E-state index contributed by atoms with van der Waals surface area (Å²) in [5.74, 6) is 0.338. The van der Waals surface area contributed by atoms with Gasteiger partial charge in [-0.25, -0.2) is 0 Å². The van der Waals surface area contributed by atoms with E-state index in [0.717, 1.165) is 11.8 Å². The first kappa shape index (κ1) is 14.3. The van der Waals surface area contributed by atoms with Crippen LogP contribution in [0.2, 0.25) is 0 Å². The molecule has 17 heavy (non-hydrogen) atoms. The number of nitrogens with zero attached hydrogens (tertiary/aromatic N) is 1. The second-order valence-electron chi connectivity index (χ2n) is 3.35. The second kappa shape index (κ2) is 6.85. The number of nitro groups is 1. The predicted octanol–water partition coefficient (Wildman–Crippen LogP) is 1.34. The standard InChI is InChI=1S/C10H13NO4S2/c12-8(5-16)9(13)6-17-10-4-2-1-3-7(10)11(14)15/h1-4,8-9,12-13,16H,5-6H2. The van der Waals surface area contributed by atoms with E-state index in [0.29, 0.717) is 4.90 Å². The highest BCUT2D eigenvalue weighted by molar-refractivity contribution is 7.99. The third kappa shape index (κ3) is 4.19. The Morgan fingerprint density at radius 1 is 1.35 bits per heavy atom. The van der Waals surface area contributed by atoms with E-state index in [-0.39, 0.29) is 17.2 Å². The molecular formula is C10H13NO4S2. The molecule has 0 bridgehead atoms. The van der Waals surface area contributed by atoms with Gasteiger partial charge in [0.15, 0.2) is 0 Å². The molecule has 0 radical (unpaired) electrons. The number of rotatable bonds is 6. The number of nitro benzene ring substituents is 1. The lowest BCUT2D eigenvalue weighted by molar-refractivity contribution is -0.387. The highest BCUT2D eigenvalue weighted by Gasteiger charge is 2.18. The molecule has 1 aromatic carbocycles. The summed E-state index contributed by atoms with van der Waals surface area (Å²) >= 11 is 5.00. The number of thiol groups is 1. The average Bonchev–Trinajstić information content (AvgIpc) is 2.35. The highest BCUT2D eigenvalue weighted by atomic mass is 32.2. The Kier molecular flexibility index (Phi) is 5.76. The minimum Gasteiger partial charge on any atom is -0.390 e. The molecule has 5 nitrogen and oxygen atoms in total. The molecule has 1 aromatic rings. The van der Waals surface area contributed by atoms with E-state index >= 15 is 0 Å². The minimum absolute atomic E-state index is 0.00469. The third-order valence-corrected chi connectivity index (χ3v) is 3.64. The molecule has 0 aliphatic carbocycles. The molecular weight excluding hydrogens is 262 g/mol. The van der Waals surface area contributed by atoms with Crippen LogP contribution in [0.5, 0.6) is 0 Å². The van der Waals surface area contributed by atoms with Crippen molar-refractivity contribution >= 4 is 30.1 Å². The van der Waals surface area contributed by atoms with E-state index in [4.69, 9.17) is 0 Å². The lowest BCUT2D eigenvalue weighted by Gasteiger charge is -2.14. The second-order valence-corrected chi connectivity index (χ2v) is 4.78. The Hall–Kier alpha value is -0.760. The van der Waals surface area contributed by atoms with E-state index in [2.05, 4.69) is 12.6 Å². The Labute approximate surface area is 108 Å². The van der Waals surface area contributed by atoms with Crippen molar-refractivity contribution < 1.29 is 15.1 Å². The van der Waals surface area contributed by atoms with E-state index < -0.39 is 17.1 Å². The Balaban J connectivity index is 2.66. The molecule has 0 aromatic heterocycles. The molecule has 7 heteroatoms. The van der Waals surface area contributed by atoms with Gasteiger partial charge in [-0.05, 0) is 6.07 Å². The normalized spacial score (nSPS) is 14.3. The van der Waals surface area contributed by atoms with Crippen LogP contribution >= 0.6 is 24.4 Å². The van der Waals surface area contributed by atoms with E-state index in [1.165, 1.54) is 6.07 Å². The van der Waals surface area contributed by atoms with Gasteiger partial charge in [-0.15, -0.1) is 11.8 Å². The predicted molar refractivity (Wildman–Crippen MR) is 69.7 cm³/mol. The van der Waals surface area contributed by atoms with Gasteiger partial charge in [0, 0.05) is 17.6 Å². The SMILES string of the molecule is O=[N+]([O-])c1ccccc1SCC(O)C(O)CS. The fraction of sp³-hybridized carbons (Fsp3) is 0.400. The summed E-state index contributed by atoms with van der Waals surface area (Å²) in [6.07, 6.45) is -1.87. The zero-order valence-corrected chi connectivity index (χ0v) is 10.6. The van der Waals surface area contributed by atoms with Crippen LogP contribution in [0.25, 0.3) is 0 Å². The molecule has 0 saturated carbocycles. The third-order valence-electron chi connectivity index (χ3n) is 2.10. The van der Waals surface area contributed by atoms with Crippen LogP contribution in [0.4, 0.5) is 5.69 Å². The zero-order chi connectivity index (χ0) is 12.8. The molecule has 2 atom stereocenters. The van der Waals surface area contributed by atoms with E-state index in [1.807, 2.05) is 0 Å². The van der Waals surface area contributed by atoms with Gasteiger partial charge in [-0.2, -0.15) is 12.6 Å². The van der Waals surface area contributed by atoms with Gasteiger partial charge in [0.2, 0.25) is 0 Å². The maximum absolute atomic E-state index is 10.7. The topological polar surface area (TPSA) is 83.6 Å². The number of hydrogen-bond donors (Lipinski definition) is 3. The molecule has 0 saturated heterocycles. The van der Waals surface area contributed by atoms with Crippen molar-refractivity contribution in [1.82, 2.24) is 0 Å². The summed E-state index contributed by atoms with van der Waals surface area (Å²) in [7, 11) is 0. The molecule has 0 amide bonds. The summed E-state index contributed by atoms with van der Waals surface area (Å²) in [6.45, 7) is 0. The maximum atomic E-state index is 10.7. The van der Waals surface area contributed by atoms with Gasteiger partial charge in [0.25, 0.3) is 5.69 Å². The Morgan fingerprint density at radius 2 is 2.00 bits per heavy atom. The first-order chi connectivity index (χ1) is 8.06. The van der Waals surface area contributed by atoms with Crippen molar-refractivity contribution in [2.75, 3.05) is 11.5 Å². The molecule has 1 rings (SSSR count). The lowest BCUT2D eigenvalue weighted by Crippen LogP contribution is -2.29. The van der Waals surface area contributed by atoms with E-state index in [9.17, 15) is 20.3 Å². The van der Waals surface area contributed by atoms with Crippen LogP contribution in [0.1, 0.15) is 0 Å². The van der Waals surface area contributed by atoms with Crippen molar-refractivity contribution in [1.29, 1.82) is 0 Å². The van der Waals surface area contributed by atoms with E-state index in [1.54, 1.807) is 18.2 Å². The van der Waals surface area contributed by atoms with Crippen molar-refractivity contribution in [2.45, 2.75) is 17.1 Å². The smallest absolute Gasteiger partial charge is 0.282 e. The Bertz CT molecular complexity index is 388. The minimum atomic E-state index is -0.947. The highest BCUT2D eigenvalue weighted by Crippen LogP contribution is 2.29. The van der Waals surface area contributed by atoms with Gasteiger partial charge in [0.1, 0.15) is 0 Å². The van der Waals surface area contributed by atoms with Crippen molar-refractivity contribution in [3.05, 3.63) is 34.4 Å². The molecule has 0 spiro atoms. The number of para-hydroxylation sites is 1. The van der Waals surface area contributed by atoms with Crippen LogP contribution in [0, 0.1) is 10.1 Å². The van der Waals surface area contributed by atoms with Gasteiger partial charge in [-0.3, -0.25) is 10.1 Å². The van der Waals surface area contributed by atoms with Crippen LogP contribution < -0.4 is 0 Å². The van der Waals surface area contributed by atoms with Crippen LogP contribution in [0.15, 0.2) is 29.2 Å². The summed E-state index contributed by atoms with van der Waals surface area (Å²) in [5.41, 5.74) is 0.00469.